The number of carboxylic acid groups (broad SMARTS) is 1. The van der Waals surface area contributed by atoms with Crippen molar-refractivity contribution in [3.05, 3.63) is 39.8 Å². The molecule has 0 amide bonds. The van der Waals surface area contributed by atoms with Crippen molar-refractivity contribution in [3.63, 3.8) is 0 Å². The van der Waals surface area contributed by atoms with Crippen molar-refractivity contribution in [3.8, 4) is 11.3 Å². The average molecular weight is 358 g/mol. The first-order chi connectivity index (χ1) is 10.7. The topological polar surface area (TPSA) is 79.5 Å². The van der Waals surface area contributed by atoms with Crippen molar-refractivity contribution < 1.29 is 14.3 Å². The van der Waals surface area contributed by atoms with E-state index >= 15 is 0 Å². The summed E-state index contributed by atoms with van der Waals surface area (Å²) in [6, 6.07) is 4.41. The Morgan fingerprint density at radius 1 is 1.39 bits per heavy atom. The number of hydrogen-bond donors (Lipinski definition) is 2. The quantitative estimate of drug-likeness (QED) is 0.875. The molecule has 0 saturated heterocycles. The number of nitrogens with zero attached hydrogens (tertiary/aromatic N) is 2. The highest BCUT2D eigenvalue weighted by molar-refractivity contribution is 6.34. The maximum absolute atomic E-state index is 14.7. The molecule has 2 aromatic rings. The third kappa shape index (κ3) is 3.48. The van der Waals surface area contributed by atoms with Crippen molar-refractivity contribution in [1.29, 1.82) is 0 Å². The highest BCUT2D eigenvalue weighted by Gasteiger charge is 2.19. The van der Waals surface area contributed by atoms with Crippen LogP contribution in [0, 0.1) is 5.82 Å². The molecule has 0 fully saturated rings. The zero-order chi connectivity index (χ0) is 17.3. The Morgan fingerprint density at radius 2 is 2.04 bits per heavy atom. The third-order valence-corrected chi connectivity index (χ3v) is 3.90. The van der Waals surface area contributed by atoms with Crippen LogP contribution in [0.2, 0.25) is 10.0 Å². The summed E-state index contributed by atoms with van der Waals surface area (Å²) in [5.41, 5.74) is 6.56. The monoisotopic (exact) mass is 357 g/mol. The summed E-state index contributed by atoms with van der Waals surface area (Å²) in [6.07, 6.45) is -0.410. The molecule has 5 nitrogen and oxygen atoms in total. The zero-order valence-corrected chi connectivity index (χ0v) is 13.9. The number of hydrogen-bond acceptors (Lipinski definition) is 4. The molecule has 0 unspecified atom stereocenters. The van der Waals surface area contributed by atoms with Crippen LogP contribution in [-0.4, -0.2) is 30.2 Å². The Kier molecular flexibility index (Phi) is 4.97. The highest BCUT2D eigenvalue weighted by Crippen LogP contribution is 2.36. The Balaban J connectivity index is 2.65. The number of nitrogen functional groups attached to an aromatic ring is 1. The molecule has 0 aliphatic carbocycles. The SMILES string of the molecule is CN(C)c1c(Cl)ccc(-c2cc(N)c(Cl)c(CC(=O)O)n2)c1F. The van der Waals surface area contributed by atoms with Gasteiger partial charge in [0.1, 0.15) is 0 Å². The molecule has 2 rings (SSSR count). The maximum Gasteiger partial charge on any atom is 0.309 e. The van der Waals surface area contributed by atoms with Crippen LogP contribution in [0.1, 0.15) is 5.69 Å². The van der Waals surface area contributed by atoms with Crippen LogP contribution in [-0.2, 0) is 11.2 Å². The largest absolute Gasteiger partial charge is 0.481 e. The highest BCUT2D eigenvalue weighted by atomic mass is 35.5. The maximum atomic E-state index is 14.7. The first kappa shape index (κ1) is 17.3. The second-order valence-electron chi connectivity index (χ2n) is 5.08. The van der Waals surface area contributed by atoms with Crippen molar-refractivity contribution in [2.45, 2.75) is 6.42 Å². The van der Waals surface area contributed by atoms with Crippen LogP contribution in [0.25, 0.3) is 11.3 Å². The molecule has 1 aromatic heterocycles. The van der Waals surface area contributed by atoms with E-state index in [1.54, 1.807) is 25.1 Å². The molecule has 0 aliphatic heterocycles. The summed E-state index contributed by atoms with van der Waals surface area (Å²) in [7, 11) is 3.32. The fourth-order valence-corrected chi connectivity index (χ4v) is 2.63. The van der Waals surface area contributed by atoms with Crippen LogP contribution in [0.3, 0.4) is 0 Å². The summed E-state index contributed by atoms with van der Waals surface area (Å²) in [4.78, 5) is 16.6. The van der Waals surface area contributed by atoms with Crippen molar-refractivity contribution in [2.24, 2.45) is 0 Å². The molecule has 0 bridgehead atoms. The molecule has 3 N–H and O–H groups in total. The molecule has 1 aromatic carbocycles. The smallest absolute Gasteiger partial charge is 0.309 e. The molecule has 1 heterocycles. The number of aromatic nitrogens is 1. The number of anilines is 2. The lowest BCUT2D eigenvalue weighted by molar-refractivity contribution is -0.136. The van der Waals surface area contributed by atoms with Crippen LogP contribution in [0.15, 0.2) is 18.2 Å². The van der Waals surface area contributed by atoms with E-state index in [0.717, 1.165) is 0 Å². The van der Waals surface area contributed by atoms with Gasteiger partial charge in [0.15, 0.2) is 5.82 Å². The normalized spacial score (nSPS) is 10.7. The predicted octanol–water partition coefficient (Wildman–Crippen LogP) is 3.47. The first-order valence-electron chi connectivity index (χ1n) is 6.54. The van der Waals surface area contributed by atoms with Gasteiger partial charge in [0.2, 0.25) is 0 Å². The van der Waals surface area contributed by atoms with E-state index in [9.17, 15) is 9.18 Å². The van der Waals surface area contributed by atoms with E-state index in [1.165, 1.54) is 12.1 Å². The molecule has 8 heteroatoms. The third-order valence-electron chi connectivity index (χ3n) is 3.16. The summed E-state index contributed by atoms with van der Waals surface area (Å²) < 4.78 is 14.7. The molecule has 0 aliphatic rings. The van der Waals surface area contributed by atoms with E-state index < -0.39 is 18.2 Å². The summed E-state index contributed by atoms with van der Waals surface area (Å²) in [6.45, 7) is 0. The lowest BCUT2D eigenvalue weighted by atomic mass is 10.1. The Morgan fingerprint density at radius 3 is 2.61 bits per heavy atom. The van der Waals surface area contributed by atoms with Gasteiger partial charge in [-0.1, -0.05) is 23.2 Å². The number of carbonyl (C=O) groups is 1. The van der Waals surface area contributed by atoms with E-state index in [-0.39, 0.29) is 38.4 Å². The zero-order valence-electron chi connectivity index (χ0n) is 12.4. The van der Waals surface area contributed by atoms with Gasteiger partial charge < -0.3 is 15.7 Å². The van der Waals surface area contributed by atoms with Gasteiger partial charge in [-0.05, 0) is 18.2 Å². The van der Waals surface area contributed by atoms with Gasteiger partial charge >= 0.3 is 5.97 Å². The number of halogens is 3. The Bertz CT molecular complexity index is 782. The molecule has 122 valence electrons. The molecule has 0 spiro atoms. The summed E-state index contributed by atoms with van der Waals surface area (Å²) in [5, 5.41) is 9.22. The average Bonchev–Trinajstić information content (AvgIpc) is 2.43. The van der Waals surface area contributed by atoms with Crippen LogP contribution < -0.4 is 10.6 Å². The van der Waals surface area contributed by atoms with Crippen LogP contribution in [0.5, 0.6) is 0 Å². The van der Waals surface area contributed by atoms with Crippen molar-refractivity contribution >= 4 is 40.5 Å². The number of rotatable bonds is 4. The molecule has 0 atom stereocenters. The first-order valence-corrected chi connectivity index (χ1v) is 7.30. The minimum Gasteiger partial charge on any atom is -0.481 e. The van der Waals surface area contributed by atoms with E-state index in [2.05, 4.69) is 4.98 Å². The summed E-state index contributed by atoms with van der Waals surface area (Å²) in [5.74, 6) is -1.68. The standard InChI is InChI=1S/C15H14Cl2FN3O2/c1-21(2)15-8(16)4-3-7(14(15)18)10-5-9(19)13(17)11(20-10)6-12(22)23/h3-5H,6H2,1-2H3,(H2,19,20)(H,22,23). The van der Waals surface area contributed by atoms with Crippen LogP contribution in [0.4, 0.5) is 15.8 Å². The predicted molar refractivity (Wildman–Crippen MR) is 89.7 cm³/mol. The van der Waals surface area contributed by atoms with Crippen molar-refractivity contribution in [1.82, 2.24) is 4.98 Å². The molecule has 0 radical (unpaired) electrons. The van der Waals surface area contributed by atoms with E-state index in [1.807, 2.05) is 0 Å². The number of nitrogens with two attached hydrogens (primary N) is 1. The van der Waals surface area contributed by atoms with Gasteiger partial charge in [0.25, 0.3) is 0 Å². The van der Waals surface area contributed by atoms with E-state index in [0.29, 0.717) is 0 Å². The fraction of sp³-hybridized carbons (Fsp3) is 0.200. The number of benzene rings is 1. The Hall–Kier alpha value is -2.05. The lowest BCUT2D eigenvalue weighted by Crippen LogP contribution is -2.12. The number of aliphatic carboxylic acids is 1. The van der Waals surface area contributed by atoms with Crippen LogP contribution >= 0.6 is 23.2 Å². The lowest BCUT2D eigenvalue weighted by Gasteiger charge is -2.18. The minimum atomic E-state index is -1.11. The fourth-order valence-electron chi connectivity index (χ4n) is 2.15. The number of pyridine rings is 1. The van der Waals surface area contributed by atoms with Gasteiger partial charge in [-0.2, -0.15) is 0 Å². The molecular weight excluding hydrogens is 344 g/mol. The van der Waals surface area contributed by atoms with Gasteiger partial charge in [0, 0.05) is 19.7 Å². The number of carboxylic acids is 1. The minimum absolute atomic E-state index is 0.0540. The van der Waals surface area contributed by atoms with Gasteiger partial charge in [-0.25, -0.2) is 4.39 Å². The van der Waals surface area contributed by atoms with Crippen molar-refractivity contribution in [2.75, 3.05) is 24.7 Å². The van der Waals surface area contributed by atoms with Gasteiger partial charge in [-0.15, -0.1) is 0 Å². The second-order valence-corrected chi connectivity index (χ2v) is 5.87. The van der Waals surface area contributed by atoms with Gasteiger partial charge in [0.05, 0.1) is 39.2 Å². The van der Waals surface area contributed by atoms with E-state index in [4.69, 9.17) is 34.0 Å². The molecule has 23 heavy (non-hydrogen) atoms. The summed E-state index contributed by atoms with van der Waals surface area (Å²) >= 11 is 12.0. The molecular formula is C15H14Cl2FN3O2. The second kappa shape index (κ2) is 6.60. The molecule has 0 saturated carbocycles. The van der Waals surface area contributed by atoms with Gasteiger partial charge in [-0.3, -0.25) is 9.78 Å². The Labute approximate surface area is 142 Å².